The van der Waals surface area contributed by atoms with Gasteiger partial charge in [-0.05, 0) is 13.8 Å². The van der Waals surface area contributed by atoms with Crippen LogP contribution in [0.2, 0.25) is 0 Å². The highest BCUT2D eigenvalue weighted by molar-refractivity contribution is 5.96. The summed E-state index contributed by atoms with van der Waals surface area (Å²) in [6.07, 6.45) is -0.0550. The molecule has 0 atom stereocenters. The summed E-state index contributed by atoms with van der Waals surface area (Å²) in [5, 5.41) is 12.7. The Morgan fingerprint density at radius 1 is 1.41 bits per heavy atom. The molecule has 0 fully saturated rings. The van der Waals surface area contributed by atoms with Crippen molar-refractivity contribution in [2.45, 2.75) is 20.3 Å². The SMILES string of the molecule is Cc1nn(C)c(C)c1C(=O)N(C)CCC(=O)O. The third kappa shape index (κ3) is 2.83. The van der Waals surface area contributed by atoms with Crippen molar-refractivity contribution in [3.63, 3.8) is 0 Å². The Morgan fingerprint density at radius 2 is 2.00 bits per heavy atom. The maximum absolute atomic E-state index is 12.1. The highest BCUT2D eigenvalue weighted by Crippen LogP contribution is 2.14. The van der Waals surface area contributed by atoms with E-state index in [0.717, 1.165) is 5.69 Å². The van der Waals surface area contributed by atoms with Gasteiger partial charge in [-0.2, -0.15) is 5.10 Å². The number of rotatable bonds is 4. The molecule has 0 saturated carbocycles. The van der Waals surface area contributed by atoms with E-state index in [1.165, 1.54) is 4.90 Å². The fourth-order valence-electron chi connectivity index (χ4n) is 1.64. The monoisotopic (exact) mass is 239 g/mol. The molecule has 1 amide bonds. The van der Waals surface area contributed by atoms with Gasteiger partial charge in [0, 0.05) is 26.3 Å². The van der Waals surface area contributed by atoms with Crippen molar-refractivity contribution in [1.29, 1.82) is 0 Å². The summed E-state index contributed by atoms with van der Waals surface area (Å²) in [6.45, 7) is 3.78. The lowest BCUT2D eigenvalue weighted by molar-refractivity contribution is -0.137. The summed E-state index contributed by atoms with van der Waals surface area (Å²) in [4.78, 5) is 23.9. The van der Waals surface area contributed by atoms with E-state index >= 15 is 0 Å². The van der Waals surface area contributed by atoms with Crippen LogP contribution in [0.3, 0.4) is 0 Å². The van der Waals surface area contributed by atoms with Gasteiger partial charge in [0.2, 0.25) is 0 Å². The molecule has 1 aromatic rings. The van der Waals surface area contributed by atoms with Crippen LogP contribution in [0.1, 0.15) is 28.2 Å². The van der Waals surface area contributed by atoms with Crippen molar-refractivity contribution in [2.24, 2.45) is 7.05 Å². The summed E-state index contributed by atoms with van der Waals surface area (Å²) < 4.78 is 1.65. The number of aryl methyl sites for hydroxylation is 2. The molecule has 1 N–H and O–H groups in total. The summed E-state index contributed by atoms with van der Waals surface area (Å²) in [7, 11) is 3.37. The van der Waals surface area contributed by atoms with E-state index < -0.39 is 5.97 Å². The summed E-state index contributed by atoms with van der Waals surface area (Å²) in [5.41, 5.74) is 2.01. The van der Waals surface area contributed by atoms with Crippen LogP contribution in [0.25, 0.3) is 0 Å². The first-order chi connectivity index (χ1) is 7.84. The van der Waals surface area contributed by atoms with Crippen molar-refractivity contribution in [2.75, 3.05) is 13.6 Å². The highest BCUT2D eigenvalue weighted by atomic mass is 16.4. The molecule has 0 aromatic carbocycles. The molecule has 0 aliphatic rings. The Balaban J connectivity index is 2.85. The van der Waals surface area contributed by atoms with Gasteiger partial charge in [0.05, 0.1) is 17.7 Å². The minimum Gasteiger partial charge on any atom is -0.481 e. The van der Waals surface area contributed by atoms with Gasteiger partial charge in [-0.3, -0.25) is 14.3 Å². The van der Waals surface area contributed by atoms with Crippen molar-refractivity contribution in [3.05, 3.63) is 17.0 Å². The molecule has 0 bridgehead atoms. The van der Waals surface area contributed by atoms with Gasteiger partial charge in [0.1, 0.15) is 0 Å². The normalized spacial score (nSPS) is 10.4. The highest BCUT2D eigenvalue weighted by Gasteiger charge is 2.20. The van der Waals surface area contributed by atoms with Crippen molar-refractivity contribution in [1.82, 2.24) is 14.7 Å². The number of hydrogen-bond acceptors (Lipinski definition) is 3. The van der Waals surface area contributed by atoms with Gasteiger partial charge >= 0.3 is 5.97 Å². The molecule has 94 valence electrons. The lowest BCUT2D eigenvalue weighted by atomic mass is 10.1. The number of hydrogen-bond donors (Lipinski definition) is 1. The molecule has 0 aliphatic carbocycles. The van der Waals surface area contributed by atoms with Gasteiger partial charge < -0.3 is 10.0 Å². The van der Waals surface area contributed by atoms with E-state index in [-0.39, 0.29) is 18.9 Å². The standard InChI is InChI=1S/C11H17N3O3/c1-7-10(8(2)14(4)12-7)11(17)13(3)6-5-9(15)16/h5-6H2,1-4H3,(H,15,16). The summed E-state index contributed by atoms with van der Waals surface area (Å²) >= 11 is 0. The first-order valence-electron chi connectivity index (χ1n) is 5.32. The maximum atomic E-state index is 12.1. The lowest BCUT2D eigenvalue weighted by Gasteiger charge is -2.16. The number of carbonyl (C=O) groups is 2. The molecule has 0 saturated heterocycles. The van der Waals surface area contributed by atoms with Gasteiger partial charge in [0.25, 0.3) is 5.91 Å². The van der Waals surface area contributed by atoms with E-state index in [1.54, 1.807) is 25.7 Å². The number of amides is 1. The van der Waals surface area contributed by atoms with Crippen LogP contribution in [0, 0.1) is 13.8 Å². The lowest BCUT2D eigenvalue weighted by Crippen LogP contribution is -2.29. The third-order valence-corrected chi connectivity index (χ3v) is 2.73. The van der Waals surface area contributed by atoms with Gasteiger partial charge in [0.15, 0.2) is 0 Å². The van der Waals surface area contributed by atoms with Gasteiger partial charge in [-0.25, -0.2) is 0 Å². The fourth-order valence-corrected chi connectivity index (χ4v) is 1.64. The molecule has 1 rings (SSSR count). The van der Waals surface area contributed by atoms with Crippen LogP contribution in [-0.4, -0.2) is 45.3 Å². The smallest absolute Gasteiger partial charge is 0.305 e. The topological polar surface area (TPSA) is 75.4 Å². The zero-order valence-electron chi connectivity index (χ0n) is 10.5. The molecule has 6 heteroatoms. The van der Waals surface area contributed by atoms with Crippen molar-refractivity contribution < 1.29 is 14.7 Å². The second kappa shape index (κ2) is 4.99. The molecule has 0 radical (unpaired) electrons. The van der Waals surface area contributed by atoms with E-state index in [2.05, 4.69) is 5.10 Å². The second-order valence-corrected chi connectivity index (χ2v) is 4.04. The largest absolute Gasteiger partial charge is 0.481 e. The fraction of sp³-hybridized carbons (Fsp3) is 0.545. The van der Waals surface area contributed by atoms with Crippen molar-refractivity contribution in [3.8, 4) is 0 Å². The Hall–Kier alpha value is -1.85. The van der Waals surface area contributed by atoms with Crippen LogP contribution >= 0.6 is 0 Å². The Morgan fingerprint density at radius 3 is 2.41 bits per heavy atom. The molecular weight excluding hydrogens is 222 g/mol. The number of carboxylic acid groups (broad SMARTS) is 1. The zero-order valence-corrected chi connectivity index (χ0v) is 10.5. The first kappa shape index (κ1) is 13.2. The molecule has 0 aliphatic heterocycles. The van der Waals surface area contributed by atoms with Gasteiger partial charge in [-0.1, -0.05) is 0 Å². The molecule has 0 unspecified atom stereocenters. The van der Waals surface area contributed by atoms with E-state index in [4.69, 9.17) is 5.11 Å². The Labute approximate surface area is 99.8 Å². The second-order valence-electron chi connectivity index (χ2n) is 4.04. The number of aliphatic carboxylic acids is 1. The quantitative estimate of drug-likeness (QED) is 0.834. The minimum absolute atomic E-state index is 0.0550. The van der Waals surface area contributed by atoms with E-state index in [9.17, 15) is 9.59 Å². The Bertz CT molecular complexity index is 451. The predicted molar refractivity (Wildman–Crippen MR) is 61.9 cm³/mol. The number of aromatic nitrogens is 2. The number of carboxylic acids is 1. The Kier molecular flexibility index (Phi) is 3.88. The number of nitrogens with zero attached hydrogens (tertiary/aromatic N) is 3. The van der Waals surface area contributed by atoms with E-state index in [0.29, 0.717) is 11.3 Å². The average Bonchev–Trinajstić information content (AvgIpc) is 2.49. The van der Waals surface area contributed by atoms with Crippen LogP contribution in [0.15, 0.2) is 0 Å². The molecular formula is C11H17N3O3. The first-order valence-corrected chi connectivity index (χ1v) is 5.32. The van der Waals surface area contributed by atoms with Crippen molar-refractivity contribution >= 4 is 11.9 Å². The molecule has 0 spiro atoms. The average molecular weight is 239 g/mol. The number of carbonyl (C=O) groups excluding carboxylic acids is 1. The third-order valence-electron chi connectivity index (χ3n) is 2.73. The summed E-state index contributed by atoms with van der Waals surface area (Å²) in [5.74, 6) is -1.10. The van der Waals surface area contributed by atoms with Crippen LogP contribution < -0.4 is 0 Å². The predicted octanol–water partition coefficient (Wildman–Crippen LogP) is 0.584. The zero-order chi connectivity index (χ0) is 13.2. The molecule has 17 heavy (non-hydrogen) atoms. The van der Waals surface area contributed by atoms with Gasteiger partial charge in [-0.15, -0.1) is 0 Å². The van der Waals surface area contributed by atoms with Crippen LogP contribution in [-0.2, 0) is 11.8 Å². The summed E-state index contributed by atoms with van der Waals surface area (Å²) in [6, 6.07) is 0. The van der Waals surface area contributed by atoms with Crippen LogP contribution in [0.4, 0.5) is 0 Å². The van der Waals surface area contributed by atoms with Crippen LogP contribution in [0.5, 0.6) is 0 Å². The molecule has 1 aromatic heterocycles. The van der Waals surface area contributed by atoms with E-state index in [1.807, 2.05) is 6.92 Å². The molecule has 1 heterocycles. The maximum Gasteiger partial charge on any atom is 0.305 e. The minimum atomic E-state index is -0.913. The molecule has 6 nitrogen and oxygen atoms in total.